The van der Waals surface area contributed by atoms with Crippen molar-refractivity contribution in [2.24, 2.45) is 0 Å². The fourth-order valence-electron chi connectivity index (χ4n) is 3.45. The Bertz CT molecular complexity index is 1280. The van der Waals surface area contributed by atoms with E-state index in [2.05, 4.69) is 15.5 Å². The Labute approximate surface area is 213 Å². The van der Waals surface area contributed by atoms with Crippen LogP contribution in [0.2, 0.25) is 0 Å². The summed E-state index contributed by atoms with van der Waals surface area (Å²) in [6.45, 7) is 1.92. The molecular formula is C26H26N4O3S2. The molecule has 4 aromatic rings. The molecular weight excluding hydrogens is 480 g/mol. The van der Waals surface area contributed by atoms with Crippen LogP contribution in [-0.2, 0) is 4.79 Å². The molecule has 4 rings (SSSR count). The lowest BCUT2D eigenvalue weighted by molar-refractivity contribution is -0.113. The van der Waals surface area contributed by atoms with Crippen molar-refractivity contribution < 1.29 is 14.3 Å². The largest absolute Gasteiger partial charge is 0.497 e. The average molecular weight is 507 g/mol. The number of para-hydroxylation sites is 2. The maximum atomic E-state index is 12.7. The Kier molecular flexibility index (Phi) is 8.33. The van der Waals surface area contributed by atoms with E-state index in [1.807, 2.05) is 96.6 Å². The molecule has 35 heavy (non-hydrogen) atoms. The van der Waals surface area contributed by atoms with Gasteiger partial charge >= 0.3 is 0 Å². The quantitative estimate of drug-likeness (QED) is 0.270. The van der Waals surface area contributed by atoms with Crippen LogP contribution < -0.4 is 14.8 Å². The van der Waals surface area contributed by atoms with E-state index >= 15 is 0 Å². The number of hydrogen-bond acceptors (Lipinski definition) is 7. The maximum Gasteiger partial charge on any atom is 0.234 e. The molecule has 3 aromatic carbocycles. The number of amides is 1. The van der Waals surface area contributed by atoms with E-state index in [0.29, 0.717) is 22.5 Å². The molecule has 9 heteroatoms. The smallest absolute Gasteiger partial charge is 0.234 e. The van der Waals surface area contributed by atoms with E-state index in [0.717, 1.165) is 16.3 Å². The Hall–Kier alpha value is -3.43. The van der Waals surface area contributed by atoms with Gasteiger partial charge in [-0.05, 0) is 49.6 Å². The third-order valence-corrected chi connectivity index (χ3v) is 6.83. The van der Waals surface area contributed by atoms with Gasteiger partial charge in [0.2, 0.25) is 5.91 Å². The van der Waals surface area contributed by atoms with Gasteiger partial charge in [-0.15, -0.1) is 22.0 Å². The second kappa shape index (κ2) is 11.8. The van der Waals surface area contributed by atoms with Gasteiger partial charge in [-0.1, -0.05) is 48.2 Å². The molecule has 1 heterocycles. The van der Waals surface area contributed by atoms with E-state index in [4.69, 9.17) is 9.47 Å². The first-order valence-electron chi connectivity index (χ1n) is 11.0. The SMILES string of the molecule is COc1cccc(OC(C)c2nnc(SCC(=O)Nc3ccccc3SC)n2-c2ccccc2)c1. The summed E-state index contributed by atoms with van der Waals surface area (Å²) in [5.74, 6) is 2.10. The fourth-order valence-corrected chi connectivity index (χ4v) is 4.77. The number of carbonyl (C=O) groups excluding carboxylic acids is 1. The third kappa shape index (κ3) is 6.17. The number of nitrogens with zero attached hydrogens (tertiary/aromatic N) is 3. The van der Waals surface area contributed by atoms with E-state index in [1.165, 1.54) is 11.8 Å². The van der Waals surface area contributed by atoms with E-state index < -0.39 is 6.10 Å². The zero-order valence-corrected chi connectivity index (χ0v) is 21.3. The van der Waals surface area contributed by atoms with Crippen LogP contribution in [0.5, 0.6) is 11.5 Å². The van der Waals surface area contributed by atoms with Crippen molar-refractivity contribution >= 4 is 35.1 Å². The molecule has 0 aliphatic carbocycles. The molecule has 0 saturated carbocycles. The van der Waals surface area contributed by atoms with Gasteiger partial charge < -0.3 is 14.8 Å². The fraction of sp³-hybridized carbons (Fsp3) is 0.192. The number of ether oxygens (including phenoxy) is 2. The molecule has 180 valence electrons. The second-order valence-electron chi connectivity index (χ2n) is 7.49. The van der Waals surface area contributed by atoms with Crippen LogP contribution in [-0.4, -0.2) is 39.8 Å². The van der Waals surface area contributed by atoms with Crippen LogP contribution in [0.25, 0.3) is 5.69 Å². The molecule has 0 fully saturated rings. The number of rotatable bonds is 10. The van der Waals surface area contributed by atoms with Crippen molar-refractivity contribution in [3.63, 3.8) is 0 Å². The summed E-state index contributed by atoms with van der Waals surface area (Å²) in [5, 5.41) is 12.4. The summed E-state index contributed by atoms with van der Waals surface area (Å²) in [5.41, 5.74) is 1.69. The Morgan fingerprint density at radius 2 is 1.74 bits per heavy atom. The van der Waals surface area contributed by atoms with Gasteiger partial charge in [0, 0.05) is 16.6 Å². The van der Waals surface area contributed by atoms with Crippen LogP contribution in [0, 0.1) is 0 Å². The number of anilines is 1. The molecule has 1 N–H and O–H groups in total. The number of aromatic nitrogens is 3. The van der Waals surface area contributed by atoms with E-state index in [1.54, 1.807) is 18.9 Å². The lowest BCUT2D eigenvalue weighted by atomic mass is 10.3. The van der Waals surface area contributed by atoms with Gasteiger partial charge in [-0.3, -0.25) is 9.36 Å². The van der Waals surface area contributed by atoms with Crippen LogP contribution in [0.15, 0.2) is 88.9 Å². The highest BCUT2D eigenvalue weighted by molar-refractivity contribution is 7.99. The zero-order valence-electron chi connectivity index (χ0n) is 19.7. The minimum Gasteiger partial charge on any atom is -0.497 e. The molecule has 0 radical (unpaired) electrons. The van der Waals surface area contributed by atoms with Crippen molar-refractivity contribution in [1.29, 1.82) is 0 Å². The summed E-state index contributed by atoms with van der Waals surface area (Å²) in [6.07, 6.45) is 1.59. The predicted molar refractivity (Wildman–Crippen MR) is 141 cm³/mol. The van der Waals surface area contributed by atoms with Crippen LogP contribution in [0.4, 0.5) is 5.69 Å². The van der Waals surface area contributed by atoms with Crippen molar-refractivity contribution in [3.05, 3.63) is 84.7 Å². The number of benzene rings is 3. The number of hydrogen-bond donors (Lipinski definition) is 1. The van der Waals surface area contributed by atoms with Crippen molar-refractivity contribution in [3.8, 4) is 17.2 Å². The molecule has 1 unspecified atom stereocenters. The van der Waals surface area contributed by atoms with Crippen molar-refractivity contribution in [2.75, 3.05) is 24.4 Å². The van der Waals surface area contributed by atoms with Crippen molar-refractivity contribution in [2.45, 2.75) is 23.1 Å². The number of nitrogens with one attached hydrogen (secondary N) is 1. The summed E-state index contributed by atoms with van der Waals surface area (Å²) >= 11 is 2.92. The minimum absolute atomic E-state index is 0.110. The standard InChI is InChI=1S/C26H26N4O3S2/c1-18(33-21-13-9-12-20(16-21)32-2)25-28-29-26(30(25)19-10-5-4-6-11-19)35-17-24(31)27-22-14-7-8-15-23(22)34-3/h4-16,18H,17H2,1-3H3,(H,27,31). The first kappa shape index (κ1) is 24.7. The van der Waals surface area contributed by atoms with E-state index in [-0.39, 0.29) is 11.7 Å². The van der Waals surface area contributed by atoms with Gasteiger partial charge in [0.05, 0.1) is 18.6 Å². The Morgan fingerprint density at radius 1 is 1.00 bits per heavy atom. The molecule has 0 bridgehead atoms. The van der Waals surface area contributed by atoms with Gasteiger partial charge in [-0.25, -0.2) is 0 Å². The van der Waals surface area contributed by atoms with Crippen LogP contribution in [0.1, 0.15) is 18.9 Å². The zero-order chi connectivity index (χ0) is 24.6. The number of thioether (sulfide) groups is 2. The first-order chi connectivity index (χ1) is 17.1. The van der Waals surface area contributed by atoms with Gasteiger partial charge in [0.25, 0.3) is 0 Å². The Morgan fingerprint density at radius 3 is 2.51 bits per heavy atom. The highest BCUT2D eigenvalue weighted by Crippen LogP contribution is 2.30. The molecule has 1 aromatic heterocycles. The highest BCUT2D eigenvalue weighted by Gasteiger charge is 2.22. The minimum atomic E-state index is -0.397. The molecule has 1 amide bonds. The first-order valence-corrected chi connectivity index (χ1v) is 13.2. The monoisotopic (exact) mass is 506 g/mol. The highest BCUT2D eigenvalue weighted by atomic mass is 32.2. The van der Waals surface area contributed by atoms with Gasteiger partial charge in [0.1, 0.15) is 11.5 Å². The lowest BCUT2D eigenvalue weighted by Crippen LogP contribution is -2.15. The van der Waals surface area contributed by atoms with Gasteiger partial charge in [-0.2, -0.15) is 0 Å². The third-order valence-electron chi connectivity index (χ3n) is 5.10. The predicted octanol–water partition coefficient (Wildman–Crippen LogP) is 5.87. The summed E-state index contributed by atoms with van der Waals surface area (Å²) in [4.78, 5) is 13.7. The van der Waals surface area contributed by atoms with Gasteiger partial charge in [0.15, 0.2) is 17.1 Å². The molecule has 7 nitrogen and oxygen atoms in total. The van der Waals surface area contributed by atoms with Crippen molar-refractivity contribution in [1.82, 2.24) is 14.8 Å². The number of methoxy groups -OCH3 is 1. The van der Waals surface area contributed by atoms with E-state index in [9.17, 15) is 4.79 Å². The topological polar surface area (TPSA) is 78.3 Å². The molecule has 0 saturated heterocycles. The average Bonchev–Trinajstić information content (AvgIpc) is 3.32. The molecule has 0 spiro atoms. The summed E-state index contributed by atoms with van der Waals surface area (Å²) in [6, 6.07) is 25.0. The summed E-state index contributed by atoms with van der Waals surface area (Å²) < 4.78 is 13.4. The van der Waals surface area contributed by atoms with Crippen LogP contribution in [0.3, 0.4) is 0 Å². The lowest BCUT2D eigenvalue weighted by Gasteiger charge is -2.17. The normalized spacial score (nSPS) is 11.6. The van der Waals surface area contributed by atoms with Crippen LogP contribution >= 0.6 is 23.5 Å². The second-order valence-corrected chi connectivity index (χ2v) is 9.28. The molecule has 0 aliphatic heterocycles. The number of carbonyl (C=O) groups is 1. The Balaban J connectivity index is 1.54. The molecule has 0 aliphatic rings. The molecule has 1 atom stereocenters. The summed E-state index contributed by atoms with van der Waals surface area (Å²) in [7, 11) is 1.62. The maximum absolute atomic E-state index is 12.7.